The number of nitrogens with two attached hydrogens (primary N) is 1. The molecule has 1 aromatic heterocycles. The highest BCUT2D eigenvalue weighted by Crippen LogP contribution is 2.27. The average Bonchev–Trinajstić information content (AvgIpc) is 2.50. The topological polar surface area (TPSA) is 85.3 Å². The zero-order chi connectivity index (χ0) is 15.5. The smallest absolute Gasteiger partial charge is 0.336 e. The Labute approximate surface area is 123 Å². The van der Waals surface area contributed by atoms with Crippen LogP contribution in [0.5, 0.6) is 0 Å². The molecule has 5 nitrogen and oxygen atoms in total. The summed E-state index contributed by atoms with van der Waals surface area (Å²) in [7, 11) is 0. The van der Waals surface area contributed by atoms with Gasteiger partial charge in [-0.1, -0.05) is 13.8 Å². The Balaban J connectivity index is 2.29. The van der Waals surface area contributed by atoms with E-state index in [1.54, 1.807) is 24.3 Å². The second-order valence-corrected chi connectivity index (χ2v) is 5.15. The maximum Gasteiger partial charge on any atom is 0.336 e. The van der Waals surface area contributed by atoms with E-state index in [9.17, 15) is 9.59 Å². The van der Waals surface area contributed by atoms with E-state index in [1.165, 1.54) is 6.07 Å². The van der Waals surface area contributed by atoms with E-state index in [-0.39, 0.29) is 5.91 Å². The van der Waals surface area contributed by atoms with Crippen molar-refractivity contribution in [2.75, 3.05) is 11.9 Å². The molecule has 3 N–H and O–H groups in total. The lowest BCUT2D eigenvalue weighted by Crippen LogP contribution is -2.41. The first-order valence-electron chi connectivity index (χ1n) is 7.10. The summed E-state index contributed by atoms with van der Waals surface area (Å²) < 4.78 is 5.06. The van der Waals surface area contributed by atoms with Crippen LogP contribution < -0.4 is 16.7 Å². The van der Waals surface area contributed by atoms with Gasteiger partial charge >= 0.3 is 5.63 Å². The average molecular weight is 288 g/mol. The lowest BCUT2D eigenvalue weighted by Gasteiger charge is -2.28. The molecule has 1 aromatic carbocycles. The zero-order valence-corrected chi connectivity index (χ0v) is 12.3. The summed E-state index contributed by atoms with van der Waals surface area (Å²) in [5.74, 6) is -0.0771. The van der Waals surface area contributed by atoms with E-state index in [1.807, 2.05) is 13.8 Å². The minimum Gasteiger partial charge on any atom is -0.423 e. The predicted molar refractivity (Wildman–Crippen MR) is 83.2 cm³/mol. The molecule has 0 atom stereocenters. The molecule has 0 spiro atoms. The van der Waals surface area contributed by atoms with Crippen LogP contribution in [0.2, 0.25) is 0 Å². The molecule has 0 aliphatic heterocycles. The van der Waals surface area contributed by atoms with Gasteiger partial charge < -0.3 is 15.5 Å². The van der Waals surface area contributed by atoms with E-state index < -0.39 is 11.0 Å². The van der Waals surface area contributed by atoms with Crippen LogP contribution in [-0.2, 0) is 4.79 Å². The number of rotatable bonds is 5. The number of nitrogens with one attached hydrogen (secondary N) is 1. The molecule has 2 aromatic rings. The fourth-order valence-electron chi connectivity index (χ4n) is 2.37. The Hall–Kier alpha value is -2.14. The standard InChI is InChI=1S/C16H20N2O3/c1-3-16(4-2,10-17)15(20)18-12-6-7-13-11(9-12)5-8-14(19)21-13/h5-9H,3-4,10,17H2,1-2H3,(H,18,20). The van der Waals surface area contributed by atoms with Crippen molar-refractivity contribution in [3.63, 3.8) is 0 Å². The highest BCUT2D eigenvalue weighted by molar-refractivity contribution is 5.97. The van der Waals surface area contributed by atoms with Gasteiger partial charge in [-0.15, -0.1) is 0 Å². The Bertz CT molecular complexity index is 694. The molecular formula is C16H20N2O3. The molecule has 1 amide bonds. The molecule has 5 heteroatoms. The third kappa shape index (κ3) is 2.97. The van der Waals surface area contributed by atoms with E-state index >= 15 is 0 Å². The van der Waals surface area contributed by atoms with E-state index in [4.69, 9.17) is 10.2 Å². The van der Waals surface area contributed by atoms with Crippen molar-refractivity contribution in [1.82, 2.24) is 0 Å². The second kappa shape index (κ2) is 6.10. The number of anilines is 1. The minimum absolute atomic E-state index is 0.0771. The summed E-state index contributed by atoms with van der Waals surface area (Å²) >= 11 is 0. The van der Waals surface area contributed by atoms with Crippen molar-refractivity contribution in [3.8, 4) is 0 Å². The molecule has 0 radical (unpaired) electrons. The monoisotopic (exact) mass is 288 g/mol. The van der Waals surface area contributed by atoms with E-state index in [2.05, 4.69) is 5.32 Å². The number of benzene rings is 1. The molecule has 0 aliphatic carbocycles. The van der Waals surface area contributed by atoms with E-state index in [0.29, 0.717) is 30.7 Å². The van der Waals surface area contributed by atoms with Crippen molar-refractivity contribution in [2.45, 2.75) is 26.7 Å². The van der Waals surface area contributed by atoms with Gasteiger partial charge in [-0.3, -0.25) is 4.79 Å². The number of fused-ring (bicyclic) bond motifs is 1. The fraction of sp³-hybridized carbons (Fsp3) is 0.375. The van der Waals surface area contributed by atoms with Crippen LogP contribution in [0.1, 0.15) is 26.7 Å². The molecule has 112 valence electrons. The lowest BCUT2D eigenvalue weighted by atomic mass is 9.81. The Kier molecular flexibility index (Phi) is 4.43. The summed E-state index contributed by atoms with van der Waals surface area (Å²) in [4.78, 5) is 23.6. The number of hydrogen-bond acceptors (Lipinski definition) is 4. The first kappa shape index (κ1) is 15.3. The predicted octanol–water partition coefficient (Wildman–Crippen LogP) is 2.50. The van der Waals surface area contributed by atoms with E-state index in [0.717, 1.165) is 5.39 Å². The maximum absolute atomic E-state index is 12.5. The second-order valence-electron chi connectivity index (χ2n) is 5.15. The largest absolute Gasteiger partial charge is 0.423 e. The molecular weight excluding hydrogens is 268 g/mol. The SMILES string of the molecule is CCC(CC)(CN)C(=O)Nc1ccc2oc(=O)ccc2c1. The first-order valence-corrected chi connectivity index (χ1v) is 7.10. The highest BCUT2D eigenvalue weighted by atomic mass is 16.4. The summed E-state index contributed by atoms with van der Waals surface area (Å²) in [6.07, 6.45) is 1.38. The third-order valence-electron chi connectivity index (χ3n) is 4.10. The molecule has 0 aliphatic rings. The number of hydrogen-bond donors (Lipinski definition) is 2. The van der Waals surface area contributed by atoms with Gasteiger partial charge in [-0.25, -0.2) is 4.79 Å². The summed E-state index contributed by atoms with van der Waals surface area (Å²) in [6, 6.07) is 8.20. The van der Waals surface area contributed by atoms with Gasteiger partial charge in [0.15, 0.2) is 0 Å². The fourth-order valence-corrected chi connectivity index (χ4v) is 2.37. The normalized spacial score (nSPS) is 11.6. The molecule has 0 bridgehead atoms. The molecule has 21 heavy (non-hydrogen) atoms. The van der Waals surface area contributed by atoms with Gasteiger partial charge in [0, 0.05) is 23.7 Å². The zero-order valence-electron chi connectivity index (χ0n) is 12.3. The van der Waals surface area contributed by atoms with Crippen LogP contribution in [-0.4, -0.2) is 12.5 Å². The molecule has 1 heterocycles. The van der Waals surface area contributed by atoms with Crippen LogP contribution >= 0.6 is 0 Å². The summed E-state index contributed by atoms with van der Waals surface area (Å²) in [5, 5.41) is 3.67. The van der Waals surface area contributed by atoms with Gasteiger partial charge in [0.05, 0.1) is 5.41 Å². The molecule has 0 fully saturated rings. The van der Waals surface area contributed by atoms with Gasteiger partial charge in [0.1, 0.15) is 5.58 Å². The summed E-state index contributed by atoms with van der Waals surface area (Å²) in [5.41, 5.74) is 6.01. The van der Waals surface area contributed by atoms with Crippen LogP contribution in [0.25, 0.3) is 11.0 Å². The van der Waals surface area contributed by atoms with Gasteiger partial charge in [-0.2, -0.15) is 0 Å². The molecule has 0 saturated carbocycles. The molecule has 0 saturated heterocycles. The maximum atomic E-state index is 12.5. The van der Waals surface area contributed by atoms with Crippen molar-refractivity contribution < 1.29 is 9.21 Å². The van der Waals surface area contributed by atoms with Gasteiger partial charge in [-0.05, 0) is 37.1 Å². The van der Waals surface area contributed by atoms with Crippen molar-refractivity contribution in [1.29, 1.82) is 0 Å². The van der Waals surface area contributed by atoms with Gasteiger partial charge in [0.25, 0.3) is 0 Å². The van der Waals surface area contributed by atoms with Crippen molar-refractivity contribution in [2.24, 2.45) is 11.1 Å². The van der Waals surface area contributed by atoms with Crippen LogP contribution in [0, 0.1) is 5.41 Å². The first-order chi connectivity index (χ1) is 10.0. The van der Waals surface area contributed by atoms with Crippen molar-refractivity contribution >= 4 is 22.6 Å². The number of amides is 1. The molecule has 2 rings (SSSR count). The number of carbonyl (C=O) groups is 1. The quantitative estimate of drug-likeness (QED) is 0.828. The Morgan fingerprint density at radius 1 is 1.24 bits per heavy atom. The molecule has 0 unspecified atom stereocenters. The highest BCUT2D eigenvalue weighted by Gasteiger charge is 2.33. The van der Waals surface area contributed by atoms with Crippen LogP contribution in [0.15, 0.2) is 39.5 Å². The Morgan fingerprint density at radius 2 is 1.95 bits per heavy atom. The summed E-state index contributed by atoms with van der Waals surface area (Å²) in [6.45, 7) is 4.24. The number of carbonyl (C=O) groups excluding carboxylic acids is 1. The van der Waals surface area contributed by atoms with Crippen molar-refractivity contribution in [3.05, 3.63) is 40.8 Å². The van der Waals surface area contributed by atoms with Crippen LogP contribution in [0.3, 0.4) is 0 Å². The minimum atomic E-state index is -0.543. The third-order valence-corrected chi connectivity index (χ3v) is 4.10. The Morgan fingerprint density at radius 3 is 2.57 bits per heavy atom. The van der Waals surface area contributed by atoms with Gasteiger partial charge in [0.2, 0.25) is 5.91 Å². The van der Waals surface area contributed by atoms with Crippen LogP contribution in [0.4, 0.5) is 5.69 Å². The lowest BCUT2D eigenvalue weighted by molar-refractivity contribution is -0.125.